The van der Waals surface area contributed by atoms with Crippen LogP contribution < -0.4 is 15.8 Å². The van der Waals surface area contributed by atoms with Crippen molar-refractivity contribution >= 4 is 11.7 Å². The molecule has 0 spiro atoms. The number of ether oxygens (including phenoxy) is 1. The van der Waals surface area contributed by atoms with Gasteiger partial charge in [-0.15, -0.1) is 0 Å². The Labute approximate surface area is 120 Å². The smallest absolute Gasteiger partial charge is 0.303 e. The molecule has 0 unspecified atom stereocenters. The fourth-order valence-electron chi connectivity index (χ4n) is 1.82. The Kier molecular flexibility index (Phi) is 7.50. The van der Waals surface area contributed by atoms with E-state index in [1.165, 1.54) is 0 Å². The number of carboxylic acids is 1. The van der Waals surface area contributed by atoms with Gasteiger partial charge in [0.05, 0.1) is 12.3 Å². The molecule has 0 radical (unpaired) electrons. The first-order valence-electron chi connectivity index (χ1n) is 7.07. The molecule has 0 aliphatic rings. The molecule has 0 aromatic heterocycles. The summed E-state index contributed by atoms with van der Waals surface area (Å²) in [5, 5.41) is 11.7. The van der Waals surface area contributed by atoms with Crippen molar-refractivity contribution in [2.24, 2.45) is 0 Å². The second kappa shape index (κ2) is 9.20. The number of nitrogen functional groups attached to an aromatic ring is 1. The monoisotopic (exact) mass is 280 g/mol. The maximum absolute atomic E-state index is 10.3. The van der Waals surface area contributed by atoms with Gasteiger partial charge in [0.2, 0.25) is 0 Å². The van der Waals surface area contributed by atoms with Gasteiger partial charge in [-0.25, -0.2) is 0 Å². The van der Waals surface area contributed by atoms with E-state index in [0.29, 0.717) is 18.7 Å². The molecule has 112 valence electrons. The van der Waals surface area contributed by atoms with E-state index in [1.807, 2.05) is 18.2 Å². The fraction of sp³-hybridized carbons (Fsp3) is 0.533. The first-order chi connectivity index (χ1) is 9.63. The van der Waals surface area contributed by atoms with E-state index in [4.69, 9.17) is 15.6 Å². The summed E-state index contributed by atoms with van der Waals surface area (Å²) in [4.78, 5) is 10.3. The van der Waals surface area contributed by atoms with Crippen LogP contribution in [0.3, 0.4) is 0 Å². The van der Waals surface area contributed by atoms with Crippen molar-refractivity contribution in [3.05, 3.63) is 23.8 Å². The highest BCUT2D eigenvalue weighted by Gasteiger charge is 2.02. The van der Waals surface area contributed by atoms with Crippen LogP contribution in [0.4, 0.5) is 5.69 Å². The summed E-state index contributed by atoms with van der Waals surface area (Å²) in [7, 11) is 0. The molecule has 4 N–H and O–H groups in total. The van der Waals surface area contributed by atoms with Crippen LogP contribution in [0.25, 0.3) is 0 Å². The van der Waals surface area contributed by atoms with Crippen LogP contribution in [0.15, 0.2) is 18.2 Å². The molecule has 5 nitrogen and oxygen atoms in total. The minimum absolute atomic E-state index is 0.212. The number of rotatable bonds is 10. The largest absolute Gasteiger partial charge is 0.491 e. The zero-order valence-electron chi connectivity index (χ0n) is 12.0. The molecule has 0 fully saturated rings. The van der Waals surface area contributed by atoms with Crippen LogP contribution in [0.2, 0.25) is 0 Å². The van der Waals surface area contributed by atoms with Crippen LogP contribution in [-0.4, -0.2) is 30.8 Å². The summed E-state index contributed by atoms with van der Waals surface area (Å²) in [6.07, 6.45) is 2.69. The Hall–Kier alpha value is -1.75. The lowest BCUT2D eigenvalue weighted by atomic mass is 10.1. The van der Waals surface area contributed by atoms with Gasteiger partial charge < -0.3 is 20.9 Å². The number of hydrogen-bond acceptors (Lipinski definition) is 4. The third kappa shape index (κ3) is 6.43. The van der Waals surface area contributed by atoms with Gasteiger partial charge in [-0.3, -0.25) is 4.79 Å². The summed E-state index contributed by atoms with van der Waals surface area (Å²) in [5.74, 6) is -0.00717. The number of anilines is 1. The number of benzene rings is 1. The number of nitrogens with one attached hydrogen (secondary N) is 1. The summed E-state index contributed by atoms with van der Waals surface area (Å²) >= 11 is 0. The van der Waals surface area contributed by atoms with E-state index in [0.717, 1.165) is 37.2 Å². The highest BCUT2D eigenvalue weighted by atomic mass is 16.5. The Morgan fingerprint density at radius 2 is 2.20 bits per heavy atom. The van der Waals surface area contributed by atoms with Crippen LogP contribution in [0.5, 0.6) is 5.75 Å². The molecule has 0 aliphatic heterocycles. The molecule has 0 aliphatic carbocycles. The van der Waals surface area contributed by atoms with Crippen molar-refractivity contribution in [1.82, 2.24) is 5.32 Å². The standard InChI is InChI=1S/C15H24N2O3/c1-2-10-20-14-6-5-12(11-13(14)16)7-9-17-8-3-4-15(18)19/h5-6,11,17H,2-4,7-10,16H2,1H3,(H,18,19). The normalized spacial score (nSPS) is 10.4. The maximum atomic E-state index is 10.3. The van der Waals surface area contributed by atoms with E-state index >= 15 is 0 Å². The molecule has 0 bridgehead atoms. The Morgan fingerprint density at radius 1 is 1.40 bits per heavy atom. The van der Waals surface area contributed by atoms with Crippen LogP contribution in [-0.2, 0) is 11.2 Å². The second-order valence-corrected chi connectivity index (χ2v) is 4.72. The molecular formula is C15H24N2O3. The highest BCUT2D eigenvalue weighted by molar-refractivity contribution is 5.66. The van der Waals surface area contributed by atoms with Gasteiger partial charge >= 0.3 is 5.97 Å². The van der Waals surface area contributed by atoms with E-state index in [1.54, 1.807) is 0 Å². The minimum Gasteiger partial charge on any atom is -0.491 e. The van der Waals surface area contributed by atoms with Gasteiger partial charge in [0.1, 0.15) is 5.75 Å². The van der Waals surface area contributed by atoms with E-state index in [9.17, 15) is 4.79 Å². The number of hydrogen-bond donors (Lipinski definition) is 3. The lowest BCUT2D eigenvalue weighted by molar-refractivity contribution is -0.137. The van der Waals surface area contributed by atoms with E-state index in [2.05, 4.69) is 12.2 Å². The molecule has 0 saturated heterocycles. The van der Waals surface area contributed by atoms with E-state index < -0.39 is 5.97 Å². The molecule has 1 aromatic carbocycles. The third-order valence-corrected chi connectivity index (χ3v) is 2.87. The Bertz CT molecular complexity index is 422. The Balaban J connectivity index is 2.27. The number of nitrogens with two attached hydrogens (primary N) is 1. The van der Waals surface area contributed by atoms with Gasteiger partial charge in [0.25, 0.3) is 0 Å². The van der Waals surface area contributed by atoms with Crippen LogP contribution in [0.1, 0.15) is 31.7 Å². The predicted octanol–water partition coefficient (Wildman–Crippen LogP) is 2.05. The lowest BCUT2D eigenvalue weighted by Crippen LogP contribution is -2.19. The molecule has 1 aromatic rings. The lowest BCUT2D eigenvalue weighted by Gasteiger charge is -2.10. The van der Waals surface area contributed by atoms with Crippen molar-refractivity contribution in [3.63, 3.8) is 0 Å². The Morgan fingerprint density at radius 3 is 2.85 bits per heavy atom. The van der Waals surface area contributed by atoms with Gasteiger partial charge in [-0.1, -0.05) is 13.0 Å². The summed E-state index contributed by atoms with van der Waals surface area (Å²) in [6.45, 7) is 4.27. The summed E-state index contributed by atoms with van der Waals surface area (Å²) in [6, 6.07) is 5.86. The maximum Gasteiger partial charge on any atom is 0.303 e. The van der Waals surface area contributed by atoms with Crippen molar-refractivity contribution in [1.29, 1.82) is 0 Å². The summed E-state index contributed by atoms with van der Waals surface area (Å²) < 4.78 is 5.52. The van der Waals surface area contributed by atoms with Gasteiger partial charge in [-0.2, -0.15) is 0 Å². The van der Waals surface area contributed by atoms with Crippen molar-refractivity contribution in [3.8, 4) is 5.75 Å². The third-order valence-electron chi connectivity index (χ3n) is 2.87. The average molecular weight is 280 g/mol. The fourth-order valence-corrected chi connectivity index (χ4v) is 1.82. The van der Waals surface area contributed by atoms with Crippen LogP contribution >= 0.6 is 0 Å². The molecule has 1 rings (SSSR count). The SMILES string of the molecule is CCCOc1ccc(CCNCCCC(=O)O)cc1N. The van der Waals surface area contributed by atoms with Crippen molar-refractivity contribution < 1.29 is 14.6 Å². The average Bonchev–Trinajstić information content (AvgIpc) is 2.41. The molecule has 20 heavy (non-hydrogen) atoms. The zero-order valence-corrected chi connectivity index (χ0v) is 12.0. The topological polar surface area (TPSA) is 84.6 Å². The first kappa shape index (κ1) is 16.3. The highest BCUT2D eigenvalue weighted by Crippen LogP contribution is 2.22. The minimum atomic E-state index is -0.748. The molecular weight excluding hydrogens is 256 g/mol. The second-order valence-electron chi connectivity index (χ2n) is 4.72. The van der Waals surface area contributed by atoms with Gasteiger partial charge in [-0.05, 0) is 50.0 Å². The zero-order chi connectivity index (χ0) is 14.8. The number of aliphatic carboxylic acids is 1. The van der Waals surface area contributed by atoms with Gasteiger partial charge in [0, 0.05) is 6.42 Å². The molecule has 5 heteroatoms. The molecule has 0 heterocycles. The van der Waals surface area contributed by atoms with E-state index in [-0.39, 0.29) is 6.42 Å². The van der Waals surface area contributed by atoms with Crippen LogP contribution in [0, 0.1) is 0 Å². The van der Waals surface area contributed by atoms with Gasteiger partial charge in [0.15, 0.2) is 0 Å². The van der Waals surface area contributed by atoms with Crippen molar-refractivity contribution in [2.45, 2.75) is 32.6 Å². The summed E-state index contributed by atoms with van der Waals surface area (Å²) in [5.41, 5.74) is 7.76. The quantitative estimate of drug-likeness (QED) is 0.451. The van der Waals surface area contributed by atoms with Crippen molar-refractivity contribution in [2.75, 3.05) is 25.4 Å². The number of carbonyl (C=O) groups is 1. The predicted molar refractivity (Wildman–Crippen MR) is 80.1 cm³/mol. The number of carboxylic acid groups (broad SMARTS) is 1. The molecule has 0 amide bonds. The molecule has 0 atom stereocenters. The molecule has 0 saturated carbocycles. The first-order valence-corrected chi connectivity index (χ1v) is 7.07.